The summed E-state index contributed by atoms with van der Waals surface area (Å²) in [6.07, 6.45) is 1.75. The van der Waals surface area contributed by atoms with Gasteiger partial charge in [0.2, 0.25) is 0 Å². The van der Waals surface area contributed by atoms with Crippen molar-refractivity contribution in [3.63, 3.8) is 0 Å². The zero-order valence-electron chi connectivity index (χ0n) is 9.24. The summed E-state index contributed by atoms with van der Waals surface area (Å²) in [5.74, 6) is -0.0385. The van der Waals surface area contributed by atoms with E-state index >= 15 is 0 Å². The number of amides is 1. The first-order valence-electron chi connectivity index (χ1n) is 5.57. The number of carbonyl (C=O) groups is 1. The number of halogens is 1. The highest BCUT2D eigenvalue weighted by Gasteiger charge is 2.25. The zero-order chi connectivity index (χ0) is 10.5. The standard InChI is InChI=1S/C10H18N2O3.ClH/c13-10(9-7-14-4-5-15-9)12-8-2-1-3-11-6-8;/h8-9,11H,1-7H2,(H,12,13);1H/t8-,9?;/m0./s1. The third-order valence-corrected chi connectivity index (χ3v) is 2.75. The van der Waals surface area contributed by atoms with Crippen molar-refractivity contribution in [2.75, 3.05) is 32.9 Å². The topological polar surface area (TPSA) is 59.6 Å². The van der Waals surface area contributed by atoms with Crippen LogP contribution in [0.1, 0.15) is 12.8 Å². The first kappa shape index (κ1) is 13.7. The van der Waals surface area contributed by atoms with Gasteiger partial charge in [-0.25, -0.2) is 0 Å². The van der Waals surface area contributed by atoms with Gasteiger partial charge in [0.05, 0.1) is 19.8 Å². The molecule has 5 nitrogen and oxygen atoms in total. The van der Waals surface area contributed by atoms with Gasteiger partial charge in [-0.05, 0) is 19.4 Å². The molecule has 2 aliphatic rings. The molecule has 0 spiro atoms. The number of ether oxygens (including phenoxy) is 2. The van der Waals surface area contributed by atoms with E-state index in [1.165, 1.54) is 0 Å². The Morgan fingerprint density at radius 3 is 2.88 bits per heavy atom. The van der Waals surface area contributed by atoms with Gasteiger partial charge in [0.25, 0.3) is 5.91 Å². The summed E-state index contributed by atoms with van der Waals surface area (Å²) >= 11 is 0. The molecule has 0 radical (unpaired) electrons. The second kappa shape index (κ2) is 7.06. The molecule has 2 rings (SSSR count). The van der Waals surface area contributed by atoms with Gasteiger partial charge in [0.15, 0.2) is 6.10 Å². The fourth-order valence-corrected chi connectivity index (χ4v) is 1.91. The summed E-state index contributed by atoms with van der Waals surface area (Å²) in [4.78, 5) is 11.7. The molecule has 2 atom stereocenters. The van der Waals surface area contributed by atoms with Crippen LogP contribution in [0, 0.1) is 0 Å². The minimum Gasteiger partial charge on any atom is -0.376 e. The SMILES string of the molecule is Cl.O=C(N[C@H]1CCCNC1)C1COCCO1. The van der Waals surface area contributed by atoms with Gasteiger partial charge in [-0.3, -0.25) is 4.79 Å². The van der Waals surface area contributed by atoms with Gasteiger partial charge in [-0.2, -0.15) is 0 Å². The Balaban J connectivity index is 0.00000128. The molecule has 2 fully saturated rings. The second-order valence-corrected chi connectivity index (χ2v) is 3.99. The Hall–Kier alpha value is -0.360. The molecule has 1 amide bonds. The highest BCUT2D eigenvalue weighted by atomic mass is 35.5. The molecule has 6 heteroatoms. The van der Waals surface area contributed by atoms with Gasteiger partial charge in [0, 0.05) is 12.6 Å². The Bertz CT molecular complexity index is 216. The van der Waals surface area contributed by atoms with Crippen molar-refractivity contribution in [2.24, 2.45) is 0 Å². The summed E-state index contributed by atoms with van der Waals surface area (Å²) in [6.45, 7) is 3.40. The van der Waals surface area contributed by atoms with E-state index in [0.29, 0.717) is 19.8 Å². The smallest absolute Gasteiger partial charge is 0.251 e. The fourth-order valence-electron chi connectivity index (χ4n) is 1.91. The minimum absolute atomic E-state index is 0. The lowest BCUT2D eigenvalue weighted by Gasteiger charge is -2.27. The van der Waals surface area contributed by atoms with Crippen LogP contribution in [0.5, 0.6) is 0 Å². The van der Waals surface area contributed by atoms with Crippen LogP contribution in [0.25, 0.3) is 0 Å². The van der Waals surface area contributed by atoms with E-state index in [4.69, 9.17) is 9.47 Å². The van der Waals surface area contributed by atoms with E-state index in [9.17, 15) is 4.79 Å². The molecule has 2 heterocycles. The molecule has 16 heavy (non-hydrogen) atoms. The molecular formula is C10H19ClN2O3. The number of rotatable bonds is 2. The van der Waals surface area contributed by atoms with E-state index in [2.05, 4.69) is 10.6 Å². The highest BCUT2D eigenvalue weighted by molar-refractivity contribution is 5.85. The summed E-state index contributed by atoms with van der Waals surface area (Å²) < 4.78 is 10.5. The number of hydrogen-bond donors (Lipinski definition) is 2. The van der Waals surface area contributed by atoms with Crippen LogP contribution in [0.4, 0.5) is 0 Å². The molecule has 0 aliphatic carbocycles. The monoisotopic (exact) mass is 250 g/mol. The predicted octanol–water partition coefficient (Wildman–Crippen LogP) is -0.308. The summed E-state index contributed by atoms with van der Waals surface area (Å²) in [7, 11) is 0. The Kier molecular flexibility index (Phi) is 6.05. The normalized spacial score (nSPS) is 30.2. The largest absolute Gasteiger partial charge is 0.376 e. The summed E-state index contributed by atoms with van der Waals surface area (Å²) in [5.41, 5.74) is 0. The van der Waals surface area contributed by atoms with Crippen LogP contribution < -0.4 is 10.6 Å². The van der Waals surface area contributed by atoms with E-state index in [1.807, 2.05) is 0 Å². The van der Waals surface area contributed by atoms with Crippen LogP contribution in [0.15, 0.2) is 0 Å². The highest BCUT2D eigenvalue weighted by Crippen LogP contribution is 2.04. The van der Waals surface area contributed by atoms with Crippen LogP contribution in [-0.4, -0.2) is 51.0 Å². The van der Waals surface area contributed by atoms with Crippen LogP contribution in [0.3, 0.4) is 0 Å². The van der Waals surface area contributed by atoms with Crippen molar-refractivity contribution in [3.8, 4) is 0 Å². The van der Waals surface area contributed by atoms with Crippen molar-refractivity contribution in [1.29, 1.82) is 0 Å². The zero-order valence-corrected chi connectivity index (χ0v) is 10.1. The quantitative estimate of drug-likeness (QED) is 0.706. The third-order valence-electron chi connectivity index (χ3n) is 2.75. The molecular weight excluding hydrogens is 232 g/mol. The maximum Gasteiger partial charge on any atom is 0.251 e. The van der Waals surface area contributed by atoms with Crippen molar-refractivity contribution >= 4 is 18.3 Å². The molecule has 2 N–H and O–H groups in total. The molecule has 2 saturated heterocycles. The van der Waals surface area contributed by atoms with E-state index < -0.39 is 6.10 Å². The van der Waals surface area contributed by atoms with Crippen molar-refractivity contribution in [3.05, 3.63) is 0 Å². The Labute approximate surface area is 102 Å². The molecule has 0 aromatic carbocycles. The lowest BCUT2D eigenvalue weighted by molar-refractivity contribution is -0.148. The van der Waals surface area contributed by atoms with Crippen LogP contribution in [-0.2, 0) is 14.3 Å². The average molecular weight is 251 g/mol. The number of hydrogen-bond acceptors (Lipinski definition) is 4. The first-order chi connectivity index (χ1) is 7.36. The molecule has 0 aromatic heterocycles. The summed E-state index contributed by atoms with van der Waals surface area (Å²) in [5, 5.41) is 6.24. The lowest BCUT2D eigenvalue weighted by Crippen LogP contribution is -2.51. The second-order valence-electron chi connectivity index (χ2n) is 3.99. The fraction of sp³-hybridized carbons (Fsp3) is 0.900. The summed E-state index contributed by atoms with van der Waals surface area (Å²) in [6, 6.07) is 0.247. The van der Waals surface area contributed by atoms with E-state index in [-0.39, 0.29) is 24.4 Å². The van der Waals surface area contributed by atoms with E-state index in [1.54, 1.807) is 0 Å². The number of piperidine rings is 1. The van der Waals surface area contributed by atoms with Crippen molar-refractivity contribution in [1.82, 2.24) is 10.6 Å². The average Bonchev–Trinajstić information content (AvgIpc) is 2.31. The van der Waals surface area contributed by atoms with Gasteiger partial charge in [0.1, 0.15) is 0 Å². The van der Waals surface area contributed by atoms with Gasteiger partial charge >= 0.3 is 0 Å². The molecule has 0 bridgehead atoms. The van der Waals surface area contributed by atoms with Crippen molar-refractivity contribution in [2.45, 2.75) is 25.0 Å². The lowest BCUT2D eigenvalue weighted by atomic mass is 10.1. The van der Waals surface area contributed by atoms with Gasteiger partial charge in [-0.15, -0.1) is 12.4 Å². The third kappa shape index (κ3) is 3.90. The van der Waals surface area contributed by atoms with Crippen LogP contribution in [0.2, 0.25) is 0 Å². The van der Waals surface area contributed by atoms with Gasteiger partial charge in [-0.1, -0.05) is 0 Å². The molecule has 0 aromatic rings. The van der Waals surface area contributed by atoms with Crippen molar-refractivity contribution < 1.29 is 14.3 Å². The maximum absolute atomic E-state index is 11.7. The Morgan fingerprint density at radius 1 is 1.38 bits per heavy atom. The molecule has 1 unspecified atom stereocenters. The molecule has 2 aliphatic heterocycles. The molecule has 0 saturated carbocycles. The maximum atomic E-state index is 11.7. The van der Waals surface area contributed by atoms with E-state index in [0.717, 1.165) is 25.9 Å². The molecule has 94 valence electrons. The Morgan fingerprint density at radius 2 is 2.25 bits per heavy atom. The predicted molar refractivity (Wildman–Crippen MR) is 61.8 cm³/mol. The first-order valence-corrected chi connectivity index (χ1v) is 5.57. The van der Waals surface area contributed by atoms with Gasteiger partial charge < -0.3 is 20.1 Å². The minimum atomic E-state index is -0.416. The number of nitrogens with one attached hydrogen (secondary N) is 2. The number of carbonyl (C=O) groups excluding carboxylic acids is 1. The van der Waals surface area contributed by atoms with Crippen LogP contribution >= 0.6 is 12.4 Å².